The van der Waals surface area contributed by atoms with Gasteiger partial charge in [-0.1, -0.05) is 17.7 Å². The predicted molar refractivity (Wildman–Crippen MR) is 75.1 cm³/mol. The Morgan fingerprint density at radius 1 is 1.37 bits per heavy atom. The van der Waals surface area contributed by atoms with E-state index in [4.69, 9.17) is 4.74 Å². The minimum absolute atomic E-state index is 0.0320. The lowest BCUT2D eigenvalue weighted by Gasteiger charge is -2.22. The van der Waals surface area contributed by atoms with Gasteiger partial charge < -0.3 is 10.1 Å². The van der Waals surface area contributed by atoms with Crippen molar-refractivity contribution in [2.24, 2.45) is 0 Å². The van der Waals surface area contributed by atoms with Gasteiger partial charge in [0, 0.05) is 13.2 Å². The second-order valence-corrected chi connectivity index (χ2v) is 7.11. The molecule has 0 amide bonds. The van der Waals surface area contributed by atoms with Gasteiger partial charge in [0.25, 0.3) is 0 Å². The minimum Gasteiger partial charge on any atom is -0.379 e. The summed E-state index contributed by atoms with van der Waals surface area (Å²) in [5, 5.41) is 3.30. The molecule has 0 saturated carbocycles. The van der Waals surface area contributed by atoms with Crippen LogP contribution in [-0.2, 0) is 14.6 Å². The van der Waals surface area contributed by atoms with Gasteiger partial charge in [-0.15, -0.1) is 0 Å². The summed E-state index contributed by atoms with van der Waals surface area (Å²) in [5.74, 6) is 0.0320. The lowest BCUT2D eigenvalue weighted by atomic mass is 10.1. The van der Waals surface area contributed by atoms with Crippen molar-refractivity contribution < 1.29 is 13.2 Å². The predicted octanol–water partition coefficient (Wildman–Crippen LogP) is 1.54. The SMILES string of the molecule is CO[C@@H](CS(=O)(=O)c1ccc(C)cc1)[C@H]1CCCN1. The first kappa shape index (κ1) is 14.5. The number of hydrogen-bond donors (Lipinski definition) is 1. The van der Waals surface area contributed by atoms with Crippen molar-refractivity contribution >= 4 is 9.84 Å². The van der Waals surface area contributed by atoms with Crippen LogP contribution in [0, 0.1) is 6.92 Å². The Bertz CT molecular complexity index is 504. The van der Waals surface area contributed by atoms with E-state index in [2.05, 4.69) is 5.32 Å². The van der Waals surface area contributed by atoms with Crippen LogP contribution in [-0.4, -0.2) is 40.0 Å². The summed E-state index contributed by atoms with van der Waals surface area (Å²) in [5.41, 5.74) is 1.06. The molecule has 19 heavy (non-hydrogen) atoms. The molecular formula is C14H21NO3S. The third-order valence-corrected chi connectivity index (χ3v) is 5.37. The highest BCUT2D eigenvalue weighted by atomic mass is 32.2. The number of hydrogen-bond acceptors (Lipinski definition) is 4. The molecule has 0 aliphatic carbocycles. The zero-order valence-electron chi connectivity index (χ0n) is 11.4. The fraction of sp³-hybridized carbons (Fsp3) is 0.571. The van der Waals surface area contributed by atoms with E-state index < -0.39 is 9.84 Å². The lowest BCUT2D eigenvalue weighted by Crippen LogP contribution is -2.40. The molecular weight excluding hydrogens is 262 g/mol. The van der Waals surface area contributed by atoms with Gasteiger partial charge in [-0.05, 0) is 38.4 Å². The summed E-state index contributed by atoms with van der Waals surface area (Å²) in [6.07, 6.45) is 1.77. The molecule has 1 saturated heterocycles. The van der Waals surface area contributed by atoms with Crippen LogP contribution in [0.3, 0.4) is 0 Å². The molecule has 106 valence electrons. The summed E-state index contributed by atoms with van der Waals surface area (Å²) < 4.78 is 30.1. The van der Waals surface area contributed by atoms with Crippen LogP contribution in [0.2, 0.25) is 0 Å². The van der Waals surface area contributed by atoms with Crippen molar-refractivity contribution in [1.29, 1.82) is 0 Å². The van der Waals surface area contributed by atoms with Crippen LogP contribution >= 0.6 is 0 Å². The van der Waals surface area contributed by atoms with Gasteiger partial charge in [0.2, 0.25) is 0 Å². The number of rotatable bonds is 5. The lowest BCUT2D eigenvalue weighted by molar-refractivity contribution is 0.0917. The van der Waals surface area contributed by atoms with Crippen molar-refractivity contribution in [3.8, 4) is 0 Å². The Labute approximate surface area is 115 Å². The van der Waals surface area contributed by atoms with Gasteiger partial charge in [0.1, 0.15) is 0 Å². The van der Waals surface area contributed by atoms with Crippen molar-refractivity contribution in [1.82, 2.24) is 5.32 Å². The third-order valence-electron chi connectivity index (χ3n) is 3.61. The monoisotopic (exact) mass is 283 g/mol. The van der Waals surface area contributed by atoms with Crippen LogP contribution < -0.4 is 5.32 Å². The summed E-state index contributed by atoms with van der Waals surface area (Å²) in [7, 11) is -1.71. The average molecular weight is 283 g/mol. The Morgan fingerprint density at radius 3 is 2.58 bits per heavy atom. The number of aryl methyl sites for hydroxylation is 1. The fourth-order valence-corrected chi connectivity index (χ4v) is 3.98. The second kappa shape index (κ2) is 6.03. The molecule has 1 heterocycles. The Balaban J connectivity index is 2.13. The third kappa shape index (κ3) is 3.55. The number of ether oxygens (including phenoxy) is 1. The molecule has 0 radical (unpaired) electrons. The largest absolute Gasteiger partial charge is 0.379 e. The summed E-state index contributed by atoms with van der Waals surface area (Å²) in [6.45, 7) is 2.88. The molecule has 0 unspecified atom stereocenters. The topological polar surface area (TPSA) is 55.4 Å². The molecule has 1 N–H and O–H groups in total. The molecule has 2 atom stereocenters. The molecule has 1 aromatic rings. The van der Waals surface area contributed by atoms with Crippen LogP contribution in [0.15, 0.2) is 29.2 Å². The normalized spacial score (nSPS) is 21.5. The van der Waals surface area contributed by atoms with Crippen molar-refractivity contribution in [3.05, 3.63) is 29.8 Å². The van der Waals surface area contributed by atoms with Crippen LogP contribution in [0.1, 0.15) is 18.4 Å². The molecule has 2 rings (SSSR count). The van der Waals surface area contributed by atoms with E-state index in [9.17, 15) is 8.42 Å². The van der Waals surface area contributed by atoms with Crippen molar-refractivity contribution in [2.75, 3.05) is 19.4 Å². The van der Waals surface area contributed by atoms with E-state index in [0.29, 0.717) is 4.90 Å². The molecule has 5 heteroatoms. The van der Waals surface area contributed by atoms with E-state index in [-0.39, 0.29) is 17.9 Å². The second-order valence-electron chi connectivity index (χ2n) is 5.07. The molecule has 1 fully saturated rings. The van der Waals surface area contributed by atoms with E-state index in [1.807, 2.05) is 19.1 Å². The molecule has 4 nitrogen and oxygen atoms in total. The maximum absolute atomic E-state index is 12.4. The number of nitrogens with one attached hydrogen (secondary N) is 1. The van der Waals surface area contributed by atoms with E-state index in [1.54, 1.807) is 19.2 Å². The van der Waals surface area contributed by atoms with Crippen LogP contribution in [0.4, 0.5) is 0 Å². The first-order chi connectivity index (χ1) is 9.03. The van der Waals surface area contributed by atoms with Gasteiger partial charge in [0.15, 0.2) is 9.84 Å². The van der Waals surface area contributed by atoms with Crippen molar-refractivity contribution in [3.63, 3.8) is 0 Å². The number of benzene rings is 1. The maximum atomic E-state index is 12.4. The molecule has 1 aliphatic heterocycles. The van der Waals surface area contributed by atoms with Crippen LogP contribution in [0.5, 0.6) is 0 Å². The molecule has 1 aromatic carbocycles. The fourth-order valence-electron chi connectivity index (χ4n) is 2.44. The van der Waals surface area contributed by atoms with Gasteiger partial charge in [-0.3, -0.25) is 0 Å². The molecule has 0 aromatic heterocycles. The minimum atomic E-state index is -3.29. The Morgan fingerprint density at radius 2 is 2.05 bits per heavy atom. The van der Waals surface area contributed by atoms with E-state index in [1.165, 1.54) is 0 Å². The van der Waals surface area contributed by atoms with Gasteiger partial charge in [-0.25, -0.2) is 8.42 Å². The first-order valence-corrected chi connectivity index (χ1v) is 8.24. The van der Waals surface area contributed by atoms with Crippen molar-refractivity contribution in [2.45, 2.75) is 36.8 Å². The highest BCUT2D eigenvalue weighted by Crippen LogP contribution is 2.18. The van der Waals surface area contributed by atoms with E-state index >= 15 is 0 Å². The standard InChI is InChI=1S/C14H21NO3S/c1-11-5-7-12(8-6-11)19(16,17)10-14(18-2)13-4-3-9-15-13/h5-8,13-15H,3-4,9-10H2,1-2H3/t13-,14+/m1/s1. The van der Waals surface area contributed by atoms with Gasteiger partial charge in [-0.2, -0.15) is 0 Å². The Kier molecular flexibility index (Phi) is 4.60. The highest BCUT2D eigenvalue weighted by Gasteiger charge is 2.29. The molecule has 1 aliphatic rings. The zero-order valence-corrected chi connectivity index (χ0v) is 12.2. The maximum Gasteiger partial charge on any atom is 0.180 e. The van der Waals surface area contributed by atoms with Gasteiger partial charge in [0.05, 0.1) is 16.8 Å². The zero-order chi connectivity index (χ0) is 13.9. The number of methoxy groups -OCH3 is 1. The summed E-state index contributed by atoms with van der Waals surface area (Å²) in [6, 6.07) is 7.12. The molecule has 0 spiro atoms. The highest BCUT2D eigenvalue weighted by molar-refractivity contribution is 7.91. The summed E-state index contributed by atoms with van der Waals surface area (Å²) in [4.78, 5) is 0.373. The van der Waals surface area contributed by atoms with E-state index in [0.717, 1.165) is 24.9 Å². The Hall–Kier alpha value is -0.910. The molecule has 0 bridgehead atoms. The van der Waals surface area contributed by atoms with Gasteiger partial charge >= 0.3 is 0 Å². The smallest absolute Gasteiger partial charge is 0.180 e. The average Bonchev–Trinajstić information content (AvgIpc) is 2.90. The first-order valence-electron chi connectivity index (χ1n) is 6.58. The summed E-state index contributed by atoms with van der Waals surface area (Å²) >= 11 is 0. The number of sulfone groups is 1. The van der Waals surface area contributed by atoms with Crippen LogP contribution in [0.25, 0.3) is 0 Å². The quantitative estimate of drug-likeness (QED) is 0.890.